The molecule has 2 saturated heterocycles. The molecule has 66 heavy (non-hydrogen) atoms. The minimum atomic E-state index is -1.37. The molecule has 0 unspecified atom stereocenters. The first-order chi connectivity index (χ1) is 31.2. The maximum absolute atomic E-state index is 15.9. The first kappa shape index (κ1) is 47.5. The third kappa shape index (κ3) is 10.7. The molecule has 3 amide bonds. The molecule has 0 aliphatic carbocycles. The van der Waals surface area contributed by atoms with Gasteiger partial charge in [-0.2, -0.15) is 5.10 Å². The zero-order chi connectivity index (χ0) is 47.2. The molecular weight excluding hydrogens is 870 g/mol. The second-order valence-electron chi connectivity index (χ2n) is 21.9. The molecule has 3 aliphatic heterocycles. The molecule has 354 valence electrons. The molecule has 16 heteroatoms. The van der Waals surface area contributed by atoms with Gasteiger partial charge in [-0.3, -0.25) is 0 Å². The van der Waals surface area contributed by atoms with E-state index in [1.165, 1.54) is 0 Å². The number of carbonyl (C=O) groups excluding carboxylic acids is 2. The highest BCUT2D eigenvalue weighted by molar-refractivity contribution is 6.76. The van der Waals surface area contributed by atoms with Crippen LogP contribution in [0.5, 0.6) is 5.75 Å². The smallest absolute Gasteiger partial charge is 0.410 e. The number of likely N-dealkylation sites (tertiary alicyclic amines) is 2. The second kappa shape index (κ2) is 18.6. The molecule has 2 fully saturated rings. The van der Waals surface area contributed by atoms with Crippen molar-refractivity contribution in [3.8, 4) is 28.4 Å². The van der Waals surface area contributed by atoms with Gasteiger partial charge in [0.05, 0.1) is 30.0 Å². The molecule has 2 aromatic heterocycles. The minimum absolute atomic E-state index is 0.0292. The van der Waals surface area contributed by atoms with Crippen LogP contribution in [0.1, 0.15) is 50.2 Å². The summed E-state index contributed by atoms with van der Waals surface area (Å²) >= 11 is 0. The molecule has 0 N–H and O–H groups in total. The van der Waals surface area contributed by atoms with Gasteiger partial charge >= 0.3 is 12.1 Å². The second-order valence-corrected chi connectivity index (χ2v) is 33.2. The standard InChI is InChI=1S/C50H68FN7O6Si2/c1-11-36-24-44(63-28-35-15-13-12-14-16-35)40(51)25-39(36)37-17-18-38-42(23-37)58(34-62-20-22-66(8,9)10)53-45(38)46-52-41-26-54(27-43(41)57(46)33-61-19-21-65(5,6)7)47(59)55-29-50(30-55)31-56(32-50)48(60)64-49(2,3)4/h12-18,23-25H,11,19-22,26-34H2,1-10H3. The SMILES string of the molecule is CCc1cc(OCc2ccccc2)c(F)cc1-c1ccc2c(-c3nc4c(n3COCC[Si](C)(C)C)CN(C(=O)N3CC5(CN(C(=O)OC(C)(C)C)C5)C3)C4)nn(COCC[Si](C)(C)C)c2c1. The van der Waals surface area contributed by atoms with Gasteiger partial charge in [0, 0.05) is 66.3 Å². The number of fused-ring (bicyclic) bond motifs is 2. The average molecular weight is 938 g/mol. The number of imidazole rings is 1. The lowest BCUT2D eigenvalue weighted by molar-refractivity contribution is -0.0989. The van der Waals surface area contributed by atoms with Crippen LogP contribution in [0.4, 0.5) is 14.0 Å². The third-order valence-electron chi connectivity index (χ3n) is 12.6. The maximum atomic E-state index is 15.9. The third-order valence-corrected chi connectivity index (χ3v) is 16.0. The highest BCUT2D eigenvalue weighted by Gasteiger charge is 2.56. The molecule has 1 spiro atoms. The van der Waals surface area contributed by atoms with E-state index in [0.29, 0.717) is 70.4 Å². The number of carbonyl (C=O) groups is 2. The molecule has 0 bridgehead atoms. The van der Waals surface area contributed by atoms with Crippen LogP contribution in [-0.2, 0) is 53.8 Å². The Bertz CT molecular complexity index is 2560. The highest BCUT2D eigenvalue weighted by Crippen LogP contribution is 2.42. The topological polar surface area (TPSA) is 116 Å². The van der Waals surface area contributed by atoms with E-state index >= 15 is 4.39 Å². The Labute approximate surface area is 391 Å². The number of aromatic nitrogens is 4. The van der Waals surface area contributed by atoms with Crippen molar-refractivity contribution in [2.75, 3.05) is 39.4 Å². The Kier molecular flexibility index (Phi) is 13.4. The van der Waals surface area contributed by atoms with E-state index in [4.69, 9.17) is 29.0 Å². The predicted molar refractivity (Wildman–Crippen MR) is 261 cm³/mol. The van der Waals surface area contributed by atoms with Crippen LogP contribution in [-0.4, -0.2) is 107 Å². The van der Waals surface area contributed by atoms with Gasteiger partial charge in [0.1, 0.15) is 31.4 Å². The number of ether oxygens (including phenoxy) is 4. The van der Waals surface area contributed by atoms with E-state index < -0.39 is 27.6 Å². The lowest BCUT2D eigenvalue weighted by Gasteiger charge is -2.59. The van der Waals surface area contributed by atoms with E-state index in [1.807, 2.05) is 77.7 Å². The van der Waals surface area contributed by atoms with Crippen molar-refractivity contribution in [1.82, 2.24) is 34.0 Å². The normalized spacial score (nSPS) is 15.9. The fourth-order valence-corrected chi connectivity index (χ4v) is 10.4. The number of urea groups is 1. The van der Waals surface area contributed by atoms with Gasteiger partial charge in [-0.05, 0) is 85.8 Å². The van der Waals surface area contributed by atoms with Crippen molar-refractivity contribution in [1.29, 1.82) is 0 Å². The van der Waals surface area contributed by atoms with Crippen LogP contribution in [0, 0.1) is 11.2 Å². The summed E-state index contributed by atoms with van der Waals surface area (Å²) in [6.07, 6.45) is 0.383. The molecule has 0 radical (unpaired) electrons. The number of halogens is 1. The summed E-state index contributed by atoms with van der Waals surface area (Å²) in [5, 5.41) is 6.11. The van der Waals surface area contributed by atoms with Crippen molar-refractivity contribution in [2.24, 2.45) is 5.41 Å². The van der Waals surface area contributed by atoms with Gasteiger partial charge in [0.15, 0.2) is 17.4 Å². The van der Waals surface area contributed by atoms with Crippen LogP contribution in [0.2, 0.25) is 51.4 Å². The summed E-state index contributed by atoms with van der Waals surface area (Å²) in [5.74, 6) is 0.495. The summed E-state index contributed by atoms with van der Waals surface area (Å²) in [6, 6.07) is 21.3. The van der Waals surface area contributed by atoms with Crippen molar-refractivity contribution in [2.45, 2.75) is 124 Å². The molecule has 0 saturated carbocycles. The van der Waals surface area contributed by atoms with E-state index in [2.05, 4.69) is 62.9 Å². The summed E-state index contributed by atoms with van der Waals surface area (Å²) in [6.45, 7) is 26.9. The average Bonchev–Trinajstić information content (AvgIpc) is 3.89. The van der Waals surface area contributed by atoms with Gasteiger partial charge in [-0.15, -0.1) is 0 Å². The Morgan fingerprint density at radius 2 is 1.48 bits per heavy atom. The van der Waals surface area contributed by atoms with Gasteiger partial charge in [-0.1, -0.05) is 82.6 Å². The molecule has 8 rings (SSSR count). The summed E-state index contributed by atoms with van der Waals surface area (Å²) in [7, 11) is -2.71. The number of hydrogen-bond donors (Lipinski definition) is 0. The van der Waals surface area contributed by atoms with E-state index in [1.54, 1.807) is 11.0 Å². The molecule has 13 nitrogen and oxygen atoms in total. The van der Waals surface area contributed by atoms with E-state index in [0.717, 1.165) is 56.6 Å². The van der Waals surface area contributed by atoms with Crippen LogP contribution in [0.15, 0.2) is 60.7 Å². The summed E-state index contributed by atoms with van der Waals surface area (Å²) in [4.78, 5) is 37.3. The lowest BCUT2D eigenvalue weighted by atomic mass is 9.73. The molecule has 0 atom stereocenters. The fourth-order valence-electron chi connectivity index (χ4n) is 8.90. The van der Waals surface area contributed by atoms with Crippen molar-refractivity contribution < 1.29 is 32.9 Å². The van der Waals surface area contributed by atoms with Crippen LogP contribution < -0.4 is 4.74 Å². The Morgan fingerprint density at radius 1 is 0.818 bits per heavy atom. The van der Waals surface area contributed by atoms with Crippen molar-refractivity contribution in [3.63, 3.8) is 0 Å². The Balaban J connectivity index is 1.07. The first-order valence-electron chi connectivity index (χ1n) is 23.4. The molecule has 3 aromatic carbocycles. The van der Waals surface area contributed by atoms with Crippen LogP contribution in [0.25, 0.3) is 33.5 Å². The number of hydrogen-bond acceptors (Lipinski definition) is 8. The number of rotatable bonds is 16. The number of benzene rings is 3. The summed E-state index contributed by atoms with van der Waals surface area (Å²) in [5.41, 5.74) is 6.29. The summed E-state index contributed by atoms with van der Waals surface area (Å²) < 4.78 is 44.1. The number of amides is 3. The first-order valence-corrected chi connectivity index (χ1v) is 30.9. The predicted octanol–water partition coefficient (Wildman–Crippen LogP) is 10.5. The minimum Gasteiger partial charge on any atom is -0.486 e. The fraction of sp³-hybridized carbons (Fsp3) is 0.520. The van der Waals surface area contributed by atoms with Gasteiger partial charge < -0.3 is 38.2 Å². The van der Waals surface area contributed by atoms with Crippen molar-refractivity contribution >= 4 is 39.2 Å². The molecular formula is C50H68FN7O6Si2. The largest absolute Gasteiger partial charge is 0.486 e. The van der Waals surface area contributed by atoms with Crippen LogP contribution >= 0.6 is 0 Å². The molecule has 3 aliphatic rings. The quantitative estimate of drug-likeness (QED) is 0.0709. The van der Waals surface area contributed by atoms with Gasteiger partial charge in [0.2, 0.25) is 0 Å². The Hall–Kier alpha value is -5.04. The van der Waals surface area contributed by atoms with Crippen LogP contribution in [0.3, 0.4) is 0 Å². The molecule has 5 aromatic rings. The van der Waals surface area contributed by atoms with Gasteiger partial charge in [-0.25, -0.2) is 23.6 Å². The van der Waals surface area contributed by atoms with Crippen molar-refractivity contribution in [3.05, 3.63) is 89.0 Å². The highest BCUT2D eigenvalue weighted by atomic mass is 28.3. The number of nitrogens with zero attached hydrogens (tertiary/aromatic N) is 7. The zero-order valence-corrected chi connectivity index (χ0v) is 42.6. The van der Waals surface area contributed by atoms with E-state index in [9.17, 15) is 9.59 Å². The number of aryl methyl sites for hydroxylation is 1. The van der Waals surface area contributed by atoms with E-state index in [-0.39, 0.29) is 43.4 Å². The van der Waals surface area contributed by atoms with Gasteiger partial charge in [0.25, 0.3) is 0 Å². The molecule has 5 heterocycles. The zero-order valence-electron chi connectivity index (χ0n) is 40.6. The maximum Gasteiger partial charge on any atom is 0.410 e. The monoisotopic (exact) mass is 937 g/mol. The lowest BCUT2D eigenvalue weighted by Crippen LogP contribution is -2.74. The Morgan fingerprint density at radius 3 is 2.14 bits per heavy atom.